The monoisotopic (exact) mass is 542 g/mol. The molecule has 1 aromatic carbocycles. The van der Waals surface area contributed by atoms with Crippen LogP contribution in [0.5, 0.6) is 0 Å². The first kappa shape index (κ1) is 27.0. The third kappa shape index (κ3) is 5.34. The van der Waals surface area contributed by atoms with E-state index in [0.29, 0.717) is 6.42 Å². The second kappa shape index (κ2) is 9.57. The van der Waals surface area contributed by atoms with Crippen LogP contribution in [0.3, 0.4) is 0 Å². The molecular weight excluding hydrogens is 500 g/mol. The number of carbonyl (C=O) groups is 1. The molecule has 3 aliphatic heterocycles. The normalized spacial score (nSPS) is 26.9. The molecular formula is C29H42N2O4SSi. The van der Waals surface area contributed by atoms with Crippen molar-refractivity contribution in [2.45, 2.75) is 95.6 Å². The number of fused-ring (bicyclic) bond motifs is 2. The van der Waals surface area contributed by atoms with Crippen molar-refractivity contribution < 1.29 is 18.7 Å². The van der Waals surface area contributed by atoms with Gasteiger partial charge in [-0.05, 0) is 73.5 Å². The fraction of sp³-hybridized carbons (Fsp3) is 0.621. The number of amides is 1. The third-order valence-electron chi connectivity index (χ3n) is 8.60. The Morgan fingerprint density at radius 3 is 2.73 bits per heavy atom. The minimum absolute atomic E-state index is 0.0258. The van der Waals surface area contributed by atoms with Gasteiger partial charge in [0.15, 0.2) is 14.1 Å². The zero-order valence-electron chi connectivity index (χ0n) is 23.3. The number of thiophene rings is 1. The van der Waals surface area contributed by atoms with Gasteiger partial charge in [-0.25, -0.2) is 0 Å². The van der Waals surface area contributed by atoms with Crippen LogP contribution in [0.4, 0.5) is 5.69 Å². The van der Waals surface area contributed by atoms with Gasteiger partial charge >= 0.3 is 0 Å². The van der Waals surface area contributed by atoms with Crippen molar-refractivity contribution in [2.75, 3.05) is 25.0 Å². The van der Waals surface area contributed by atoms with E-state index < -0.39 is 14.1 Å². The Hall–Kier alpha value is -1.55. The molecule has 0 saturated carbocycles. The molecule has 8 heteroatoms. The highest BCUT2D eigenvalue weighted by molar-refractivity contribution is 7.10. The summed E-state index contributed by atoms with van der Waals surface area (Å²) in [6.45, 7) is 18.1. The highest BCUT2D eigenvalue weighted by atomic mass is 32.1. The summed E-state index contributed by atoms with van der Waals surface area (Å²) in [7, 11) is -2.04. The summed E-state index contributed by atoms with van der Waals surface area (Å²) in [5.74, 6) is -0.511. The van der Waals surface area contributed by atoms with Gasteiger partial charge in [0.1, 0.15) is 11.7 Å². The van der Waals surface area contributed by atoms with Gasteiger partial charge in [0, 0.05) is 36.6 Å². The van der Waals surface area contributed by atoms with Crippen LogP contribution in [0.1, 0.15) is 69.6 Å². The highest BCUT2D eigenvalue weighted by Crippen LogP contribution is 2.50. The van der Waals surface area contributed by atoms with Crippen molar-refractivity contribution in [3.05, 3.63) is 51.7 Å². The molecule has 1 amide bonds. The van der Waals surface area contributed by atoms with E-state index in [0.717, 1.165) is 38.2 Å². The Morgan fingerprint density at radius 1 is 1.24 bits per heavy atom. The molecule has 4 heterocycles. The van der Waals surface area contributed by atoms with Crippen LogP contribution in [0.2, 0.25) is 18.1 Å². The van der Waals surface area contributed by atoms with Crippen LogP contribution in [-0.2, 0) is 30.7 Å². The van der Waals surface area contributed by atoms with E-state index >= 15 is 0 Å². The molecule has 0 radical (unpaired) electrons. The van der Waals surface area contributed by atoms with Gasteiger partial charge < -0.3 is 19.2 Å². The lowest BCUT2D eigenvalue weighted by Gasteiger charge is -2.44. The molecule has 3 aliphatic rings. The molecule has 1 N–H and O–H groups in total. The molecule has 3 atom stereocenters. The average Bonchev–Trinajstić information content (AvgIpc) is 3.43. The smallest absolute Gasteiger partial charge is 0.224 e. The lowest BCUT2D eigenvalue weighted by Crippen LogP contribution is -2.53. The first-order chi connectivity index (χ1) is 17.3. The largest absolute Gasteiger partial charge is 0.409 e. The average molecular weight is 543 g/mol. The second-order valence-electron chi connectivity index (χ2n) is 12.8. The summed E-state index contributed by atoms with van der Waals surface area (Å²) in [6, 6.07) is 10.7. The number of likely N-dealkylation sites (tertiary alicyclic amines) is 1. The van der Waals surface area contributed by atoms with Crippen molar-refractivity contribution in [1.29, 1.82) is 0 Å². The van der Waals surface area contributed by atoms with Gasteiger partial charge in [0.2, 0.25) is 5.91 Å². The summed E-state index contributed by atoms with van der Waals surface area (Å²) < 4.78 is 20.2. The Kier molecular flexibility index (Phi) is 6.99. The molecule has 6 nitrogen and oxygen atoms in total. The summed E-state index contributed by atoms with van der Waals surface area (Å²) in [5.41, 5.74) is 2.95. The van der Waals surface area contributed by atoms with Crippen LogP contribution in [0.15, 0.2) is 35.7 Å². The number of nitrogens with one attached hydrogen (secondary N) is 1. The summed E-state index contributed by atoms with van der Waals surface area (Å²) in [5, 5.41) is 5.26. The first-order valence-electron chi connectivity index (χ1n) is 13.5. The minimum atomic E-state index is -2.04. The van der Waals surface area contributed by atoms with E-state index in [-0.39, 0.29) is 28.8 Å². The number of benzene rings is 1. The number of piperidine rings is 1. The van der Waals surface area contributed by atoms with Gasteiger partial charge in [-0.1, -0.05) is 39.0 Å². The van der Waals surface area contributed by atoms with E-state index in [4.69, 9.17) is 13.9 Å². The van der Waals surface area contributed by atoms with Crippen LogP contribution >= 0.6 is 11.3 Å². The van der Waals surface area contributed by atoms with Gasteiger partial charge in [-0.2, -0.15) is 0 Å². The Bertz CT molecular complexity index is 1140. The minimum Gasteiger partial charge on any atom is -0.409 e. The molecule has 0 spiro atoms. The summed E-state index contributed by atoms with van der Waals surface area (Å²) in [6.07, 6.45) is 2.13. The Morgan fingerprint density at radius 2 is 2.03 bits per heavy atom. The summed E-state index contributed by atoms with van der Waals surface area (Å²) >= 11 is 1.76. The van der Waals surface area contributed by atoms with Crippen LogP contribution < -0.4 is 5.32 Å². The van der Waals surface area contributed by atoms with E-state index in [9.17, 15) is 4.79 Å². The molecule has 2 aromatic rings. The van der Waals surface area contributed by atoms with Gasteiger partial charge in [-0.3, -0.25) is 9.69 Å². The van der Waals surface area contributed by atoms with Gasteiger partial charge in [0.25, 0.3) is 0 Å². The molecule has 5 rings (SSSR count). The van der Waals surface area contributed by atoms with Crippen molar-refractivity contribution in [1.82, 2.24) is 4.90 Å². The summed E-state index contributed by atoms with van der Waals surface area (Å²) in [4.78, 5) is 15.7. The number of hydrogen-bond donors (Lipinski definition) is 1. The molecule has 2 saturated heterocycles. The fourth-order valence-electron chi connectivity index (χ4n) is 5.61. The molecule has 0 bridgehead atoms. The third-order valence-corrected chi connectivity index (χ3v) is 14.1. The molecule has 1 aromatic heterocycles. The van der Waals surface area contributed by atoms with Crippen LogP contribution in [-0.4, -0.2) is 50.6 Å². The predicted molar refractivity (Wildman–Crippen MR) is 152 cm³/mol. The van der Waals surface area contributed by atoms with E-state index in [1.807, 2.05) is 13.8 Å². The zero-order valence-corrected chi connectivity index (χ0v) is 25.2. The number of nitrogens with zero attached hydrogens (tertiary/aromatic N) is 1. The second-order valence-corrected chi connectivity index (χ2v) is 18.5. The molecule has 202 valence electrons. The van der Waals surface area contributed by atoms with Crippen LogP contribution in [0, 0.1) is 0 Å². The Labute approximate surface area is 226 Å². The standard InChI is InChI=1S/C29H42N2O4SSi/c1-27(2,3)37(6,7)34-23(21-10-12-22-20(17-21)11-13-26(32)30-22)18-31-15-14-29(25-9-8-16-36-25)24(19-31)33-28(4,5)35-29/h8-10,12,16-17,23-24H,11,13-15,18-19H2,1-7H3,(H,30,32)/t23-,24+,29-/m1/s1. The molecule has 0 aliphatic carbocycles. The van der Waals surface area contributed by atoms with Gasteiger partial charge in [-0.15, -0.1) is 11.3 Å². The number of carbonyl (C=O) groups excluding carboxylic acids is 1. The predicted octanol–water partition coefficient (Wildman–Crippen LogP) is 6.45. The molecule has 0 unspecified atom stereocenters. The number of rotatable bonds is 6. The maximum atomic E-state index is 11.9. The quantitative estimate of drug-likeness (QED) is 0.425. The maximum absolute atomic E-state index is 11.9. The Balaban J connectivity index is 1.41. The lowest BCUT2D eigenvalue weighted by molar-refractivity contribution is -0.164. The maximum Gasteiger partial charge on any atom is 0.224 e. The topological polar surface area (TPSA) is 60.0 Å². The number of aryl methyl sites for hydroxylation is 1. The van der Waals surface area contributed by atoms with E-state index in [2.05, 4.69) is 79.8 Å². The van der Waals surface area contributed by atoms with Crippen LogP contribution in [0.25, 0.3) is 0 Å². The van der Waals surface area contributed by atoms with E-state index in [1.165, 1.54) is 16.0 Å². The van der Waals surface area contributed by atoms with Crippen molar-refractivity contribution in [3.63, 3.8) is 0 Å². The molecule has 2 fully saturated rings. The van der Waals surface area contributed by atoms with Crippen molar-refractivity contribution in [2.24, 2.45) is 0 Å². The molecule has 37 heavy (non-hydrogen) atoms. The van der Waals surface area contributed by atoms with E-state index in [1.54, 1.807) is 11.3 Å². The SMILES string of the molecule is CC1(C)O[C@H]2CN(C[C@@H](O[Si](C)(C)C(C)(C)C)c3ccc4c(c3)CCC(=O)N4)CC[C@@]2(c2cccs2)O1. The first-order valence-corrected chi connectivity index (χ1v) is 17.3. The zero-order chi connectivity index (χ0) is 26.6. The number of anilines is 1. The number of ether oxygens (including phenoxy) is 2. The highest BCUT2D eigenvalue weighted by Gasteiger charge is 2.57. The van der Waals surface area contributed by atoms with Crippen molar-refractivity contribution in [3.8, 4) is 0 Å². The lowest BCUT2D eigenvalue weighted by atomic mass is 9.86. The number of hydrogen-bond acceptors (Lipinski definition) is 6. The fourth-order valence-corrected chi connectivity index (χ4v) is 7.82. The van der Waals surface area contributed by atoms with Crippen molar-refractivity contribution >= 4 is 31.2 Å². The van der Waals surface area contributed by atoms with Gasteiger partial charge in [0.05, 0.1) is 6.10 Å².